The van der Waals surface area contributed by atoms with Crippen LogP contribution in [0.3, 0.4) is 0 Å². The van der Waals surface area contributed by atoms with Crippen molar-refractivity contribution in [3.8, 4) is 0 Å². The molecule has 0 spiro atoms. The molecule has 0 bridgehead atoms. The number of carbonyl (C=O) groups excluding carboxylic acids is 2. The second-order valence-corrected chi connectivity index (χ2v) is 11.9. The highest BCUT2D eigenvalue weighted by atomic mass is 16.4. The zero-order valence-corrected chi connectivity index (χ0v) is 24.8. The molecule has 1 aromatic heterocycles. The summed E-state index contributed by atoms with van der Waals surface area (Å²) in [7, 11) is 1.86. The van der Waals surface area contributed by atoms with E-state index in [4.69, 9.17) is 26.6 Å². The van der Waals surface area contributed by atoms with Gasteiger partial charge in [0.15, 0.2) is 12.4 Å². The third kappa shape index (κ3) is 6.02. The van der Waals surface area contributed by atoms with Crippen molar-refractivity contribution < 1.29 is 24.1 Å². The number of aryl methyl sites for hydroxylation is 1. The molecule has 10 heteroatoms. The van der Waals surface area contributed by atoms with E-state index < -0.39 is 28.6 Å². The fourth-order valence-corrected chi connectivity index (χ4v) is 5.39. The largest absolute Gasteiger partial charge is 0.481 e. The summed E-state index contributed by atoms with van der Waals surface area (Å²) in [5, 5.41) is 8.84. The lowest BCUT2D eigenvalue weighted by Crippen LogP contribution is -2.33. The molecule has 42 heavy (non-hydrogen) atoms. The summed E-state index contributed by atoms with van der Waals surface area (Å²) in [4.78, 5) is 46.6. The number of nitrogens with zero attached hydrogens (tertiary/aromatic N) is 4. The minimum atomic E-state index is -0.793. The number of pyridine rings is 1. The predicted octanol–water partition coefficient (Wildman–Crippen LogP) is 3.66. The quantitative estimate of drug-likeness (QED) is 0.210. The Balaban J connectivity index is 1.51. The number of carboxylic acids is 1. The molecular weight excluding hydrogens is 532 g/mol. The molecule has 0 saturated heterocycles. The first kappa shape index (κ1) is 30.4. The molecule has 4 rings (SSSR count). The Morgan fingerprint density at radius 3 is 2.36 bits per heavy atom. The van der Waals surface area contributed by atoms with E-state index in [0.717, 1.165) is 35.4 Å². The van der Waals surface area contributed by atoms with Crippen LogP contribution in [0.2, 0.25) is 0 Å². The van der Waals surface area contributed by atoms with E-state index in [9.17, 15) is 14.4 Å². The van der Waals surface area contributed by atoms with Gasteiger partial charge in [0.2, 0.25) is 0 Å². The van der Waals surface area contributed by atoms with Gasteiger partial charge in [-0.3, -0.25) is 24.4 Å². The first-order chi connectivity index (χ1) is 19.7. The topological polar surface area (TPSA) is 155 Å². The summed E-state index contributed by atoms with van der Waals surface area (Å²) in [6, 6.07) is 0. The van der Waals surface area contributed by atoms with Gasteiger partial charge >= 0.3 is 5.97 Å². The van der Waals surface area contributed by atoms with Crippen LogP contribution in [-0.4, -0.2) is 45.8 Å². The number of hydrogen-bond donors (Lipinski definition) is 3. The molecule has 4 heterocycles. The van der Waals surface area contributed by atoms with Crippen molar-refractivity contribution >= 4 is 34.9 Å². The Morgan fingerprint density at radius 1 is 0.952 bits per heavy atom. The molecule has 2 amide bonds. The van der Waals surface area contributed by atoms with Gasteiger partial charge in [-0.25, -0.2) is 4.57 Å². The maximum atomic E-state index is 12.3. The second-order valence-electron chi connectivity index (χ2n) is 11.9. The number of amides is 2. The third-order valence-electron chi connectivity index (χ3n) is 7.94. The minimum absolute atomic E-state index is 0.152. The number of nitrogens with two attached hydrogens (primary N) is 2. The van der Waals surface area contributed by atoms with Crippen LogP contribution in [0.4, 0.5) is 5.69 Å². The van der Waals surface area contributed by atoms with Crippen LogP contribution in [0.5, 0.6) is 0 Å². The maximum Gasteiger partial charge on any atom is 0.303 e. The highest BCUT2D eigenvalue weighted by molar-refractivity contribution is 6.30. The maximum absolute atomic E-state index is 12.3. The van der Waals surface area contributed by atoms with Crippen molar-refractivity contribution in [2.24, 2.45) is 33.9 Å². The van der Waals surface area contributed by atoms with E-state index in [2.05, 4.69) is 27.7 Å². The van der Waals surface area contributed by atoms with Gasteiger partial charge in [0.25, 0.3) is 11.8 Å². The second kappa shape index (κ2) is 11.7. The number of rotatable bonds is 11. The summed E-state index contributed by atoms with van der Waals surface area (Å²) in [6.07, 6.45) is 19.3. The normalized spacial score (nSPS) is 19.5. The molecule has 220 valence electrons. The zero-order valence-electron chi connectivity index (χ0n) is 24.8. The lowest BCUT2D eigenvalue weighted by Gasteiger charge is -2.29. The van der Waals surface area contributed by atoms with E-state index in [-0.39, 0.29) is 6.42 Å². The van der Waals surface area contributed by atoms with E-state index in [1.54, 1.807) is 12.4 Å². The summed E-state index contributed by atoms with van der Waals surface area (Å²) >= 11 is 0. The number of aliphatic carboxylic acids is 1. The van der Waals surface area contributed by atoms with Crippen molar-refractivity contribution in [3.63, 3.8) is 0 Å². The molecular formula is C32H39N6O4+. The molecule has 3 aliphatic rings. The number of aliphatic imine (C=N–C) groups is 2. The standard InChI is InChI=1S/C32H38N6O4/c1-31(2)22-18-37(5)16-20(29(33)41)27(22)35-24(31)12-8-6-9-13-25-32(3,4)23-19-38(15-11-7-10-14-26(39)40)17-21(30(34)42)28(23)36-25/h6,8-9,12-13,16-19H,7,10-11,14-15H2,1-5H3,(H4-,33,34,39,40,41,42)/p+1. The van der Waals surface area contributed by atoms with Gasteiger partial charge in [-0.15, -0.1) is 0 Å². The molecule has 0 atom stereocenters. The van der Waals surface area contributed by atoms with Crippen LogP contribution >= 0.6 is 0 Å². The highest BCUT2D eigenvalue weighted by Gasteiger charge is 2.41. The monoisotopic (exact) mass is 571 g/mol. The van der Waals surface area contributed by atoms with Crippen molar-refractivity contribution in [2.75, 3.05) is 6.54 Å². The van der Waals surface area contributed by atoms with E-state index in [1.165, 1.54) is 0 Å². The molecule has 0 saturated carbocycles. The SMILES string of the molecule is C[n+]1cc(C(N)=O)c2c(c1)C(C)(C)C(/C=C/C=C/C=C1\N=C3C(C(N)=O)=CN(CCCCCC(=O)O)C=C3C1(C)C)=N2. The number of carbonyl (C=O) groups is 3. The van der Waals surface area contributed by atoms with Crippen molar-refractivity contribution in [1.29, 1.82) is 0 Å². The van der Waals surface area contributed by atoms with Crippen LogP contribution in [-0.2, 0) is 22.1 Å². The van der Waals surface area contributed by atoms with Crippen LogP contribution in [0.1, 0.15) is 69.3 Å². The van der Waals surface area contributed by atoms with Crippen LogP contribution in [0, 0.1) is 5.41 Å². The van der Waals surface area contributed by atoms with Gasteiger partial charge in [0, 0.05) is 41.8 Å². The third-order valence-corrected chi connectivity index (χ3v) is 7.94. The molecule has 0 unspecified atom stereocenters. The van der Waals surface area contributed by atoms with Gasteiger partial charge in [0.1, 0.15) is 12.6 Å². The first-order valence-electron chi connectivity index (χ1n) is 14.0. The lowest BCUT2D eigenvalue weighted by atomic mass is 9.79. The Labute approximate surface area is 246 Å². The van der Waals surface area contributed by atoms with Gasteiger partial charge in [-0.05, 0) is 38.8 Å². The Hall–Kier alpha value is -4.60. The number of unbranched alkanes of at least 4 members (excludes halogenated alkanes) is 2. The van der Waals surface area contributed by atoms with Gasteiger partial charge in [-0.1, -0.05) is 38.5 Å². The van der Waals surface area contributed by atoms with Crippen LogP contribution in [0.15, 0.2) is 82.0 Å². The smallest absolute Gasteiger partial charge is 0.303 e. The Bertz CT molecular complexity index is 1550. The van der Waals surface area contributed by atoms with Crippen LogP contribution in [0.25, 0.3) is 0 Å². The van der Waals surface area contributed by atoms with Crippen molar-refractivity contribution in [2.45, 2.75) is 58.8 Å². The van der Waals surface area contributed by atoms with Crippen molar-refractivity contribution in [3.05, 3.63) is 83.1 Å². The van der Waals surface area contributed by atoms with E-state index >= 15 is 0 Å². The zero-order chi connectivity index (χ0) is 30.8. The molecule has 0 aliphatic carbocycles. The summed E-state index contributed by atoms with van der Waals surface area (Å²) in [6.45, 7) is 8.89. The lowest BCUT2D eigenvalue weighted by molar-refractivity contribution is -0.672. The summed E-state index contributed by atoms with van der Waals surface area (Å²) in [5.74, 6) is -1.85. The number of hydrogen-bond acceptors (Lipinski definition) is 6. The highest BCUT2D eigenvalue weighted by Crippen LogP contribution is 2.45. The van der Waals surface area contributed by atoms with Gasteiger partial charge in [-0.2, -0.15) is 0 Å². The molecule has 10 nitrogen and oxygen atoms in total. The number of aromatic nitrogens is 1. The van der Waals surface area contributed by atoms with Crippen LogP contribution < -0.4 is 16.0 Å². The van der Waals surface area contributed by atoms with E-state index in [1.807, 2.05) is 59.3 Å². The van der Waals surface area contributed by atoms with Gasteiger partial charge in [0.05, 0.1) is 33.9 Å². The van der Waals surface area contributed by atoms with E-state index in [0.29, 0.717) is 35.5 Å². The summed E-state index contributed by atoms with van der Waals surface area (Å²) < 4.78 is 1.83. The molecule has 3 aliphatic heterocycles. The Morgan fingerprint density at radius 2 is 1.69 bits per heavy atom. The van der Waals surface area contributed by atoms with Gasteiger partial charge < -0.3 is 21.5 Å². The summed E-state index contributed by atoms with van der Waals surface area (Å²) in [5.41, 5.74) is 15.9. The fraction of sp³-hybridized carbons (Fsp3) is 0.375. The molecule has 0 radical (unpaired) electrons. The number of primary amides is 2. The molecule has 1 aromatic rings. The average Bonchev–Trinajstić information content (AvgIpc) is 3.30. The Kier molecular flexibility index (Phi) is 8.47. The molecule has 0 aromatic carbocycles. The first-order valence-corrected chi connectivity index (χ1v) is 14.0. The molecule has 0 fully saturated rings. The van der Waals surface area contributed by atoms with Crippen molar-refractivity contribution in [1.82, 2.24) is 4.90 Å². The predicted molar refractivity (Wildman–Crippen MR) is 162 cm³/mol. The fourth-order valence-electron chi connectivity index (χ4n) is 5.39. The average molecular weight is 572 g/mol. The minimum Gasteiger partial charge on any atom is -0.481 e. The number of carboxylic acid groups (broad SMARTS) is 1. The number of fused-ring (bicyclic) bond motifs is 2. The number of allylic oxidation sites excluding steroid dienone is 6. The molecule has 5 N–H and O–H groups in total.